The maximum atomic E-state index is 12.8. The van der Waals surface area contributed by atoms with E-state index >= 15 is 0 Å². The summed E-state index contributed by atoms with van der Waals surface area (Å²) in [6.45, 7) is 2.57. The maximum Gasteiger partial charge on any atom is 0.243 e. The number of hydrogen-bond acceptors (Lipinski definition) is 6. The summed E-state index contributed by atoms with van der Waals surface area (Å²) < 4.78 is 28.0. The summed E-state index contributed by atoms with van der Waals surface area (Å²) in [7, 11) is -3.44. The van der Waals surface area contributed by atoms with Crippen LogP contribution in [0.25, 0.3) is 10.2 Å². The minimum absolute atomic E-state index is 0.0576. The smallest absolute Gasteiger partial charge is 0.243 e. The van der Waals surface area contributed by atoms with Crippen molar-refractivity contribution in [3.8, 4) is 0 Å². The average molecular weight is 326 g/mol. The van der Waals surface area contributed by atoms with Crippen molar-refractivity contribution in [2.24, 2.45) is 5.84 Å². The Balaban J connectivity index is 2.01. The summed E-state index contributed by atoms with van der Waals surface area (Å²) in [5.74, 6) is 5.34. The van der Waals surface area contributed by atoms with E-state index in [0.29, 0.717) is 16.6 Å². The van der Waals surface area contributed by atoms with Crippen LogP contribution in [0.1, 0.15) is 26.2 Å². The van der Waals surface area contributed by atoms with Crippen LogP contribution in [0.2, 0.25) is 0 Å². The first-order valence-electron chi connectivity index (χ1n) is 6.91. The Kier molecular flexibility index (Phi) is 3.87. The van der Waals surface area contributed by atoms with Crippen molar-refractivity contribution in [1.29, 1.82) is 0 Å². The van der Waals surface area contributed by atoms with Gasteiger partial charge in [0.05, 0.1) is 15.1 Å². The van der Waals surface area contributed by atoms with Gasteiger partial charge in [0.25, 0.3) is 0 Å². The van der Waals surface area contributed by atoms with Crippen molar-refractivity contribution < 1.29 is 8.42 Å². The van der Waals surface area contributed by atoms with E-state index in [1.54, 1.807) is 22.5 Å². The van der Waals surface area contributed by atoms with Crippen LogP contribution in [0, 0.1) is 0 Å². The number of anilines is 1. The second-order valence-electron chi connectivity index (χ2n) is 5.25. The molecule has 1 aliphatic rings. The molecule has 1 atom stereocenters. The van der Waals surface area contributed by atoms with Crippen LogP contribution in [0.4, 0.5) is 5.13 Å². The number of nitrogens with one attached hydrogen (secondary N) is 1. The molecular weight excluding hydrogens is 308 g/mol. The van der Waals surface area contributed by atoms with Gasteiger partial charge in [0, 0.05) is 12.6 Å². The van der Waals surface area contributed by atoms with Crippen molar-refractivity contribution in [1.82, 2.24) is 9.29 Å². The Hall–Kier alpha value is -1.22. The molecule has 0 aliphatic carbocycles. The zero-order valence-corrected chi connectivity index (χ0v) is 13.4. The highest BCUT2D eigenvalue weighted by atomic mass is 32.2. The lowest BCUT2D eigenvalue weighted by Gasteiger charge is -2.32. The number of nitrogens with zero attached hydrogens (tertiary/aromatic N) is 2. The van der Waals surface area contributed by atoms with Crippen molar-refractivity contribution in [2.45, 2.75) is 37.1 Å². The molecule has 0 bridgehead atoms. The van der Waals surface area contributed by atoms with Crippen molar-refractivity contribution in [2.75, 3.05) is 12.0 Å². The van der Waals surface area contributed by atoms with E-state index in [9.17, 15) is 8.42 Å². The third-order valence-corrected chi connectivity index (χ3v) is 6.79. The standard InChI is InChI=1S/C13H18N4O2S2/c1-9-4-2-3-7-17(9)21(18,19)10-5-6-11-12(8-10)20-13(15-11)16-14/h5-6,8-9H,2-4,7,14H2,1H3,(H,15,16)/t9-/m0/s1. The molecule has 3 rings (SSSR count). The number of piperidine rings is 1. The summed E-state index contributed by atoms with van der Waals surface area (Å²) in [4.78, 5) is 4.59. The second-order valence-corrected chi connectivity index (χ2v) is 8.17. The molecule has 0 spiro atoms. The normalized spacial score (nSPS) is 20.8. The van der Waals surface area contributed by atoms with Gasteiger partial charge in [-0.05, 0) is 38.0 Å². The quantitative estimate of drug-likeness (QED) is 0.666. The third-order valence-electron chi connectivity index (χ3n) is 3.83. The summed E-state index contributed by atoms with van der Waals surface area (Å²) >= 11 is 1.34. The van der Waals surface area contributed by atoms with Gasteiger partial charge >= 0.3 is 0 Å². The van der Waals surface area contributed by atoms with Gasteiger partial charge in [-0.15, -0.1) is 0 Å². The zero-order chi connectivity index (χ0) is 15.0. The van der Waals surface area contributed by atoms with Gasteiger partial charge in [-0.3, -0.25) is 5.43 Å². The van der Waals surface area contributed by atoms with Gasteiger partial charge in [-0.25, -0.2) is 19.2 Å². The minimum atomic E-state index is -3.44. The molecule has 1 aliphatic heterocycles. The van der Waals surface area contributed by atoms with E-state index in [-0.39, 0.29) is 6.04 Å². The molecule has 8 heteroatoms. The number of hydrogen-bond donors (Lipinski definition) is 2. The van der Waals surface area contributed by atoms with Gasteiger partial charge in [-0.2, -0.15) is 4.31 Å². The van der Waals surface area contributed by atoms with E-state index in [4.69, 9.17) is 5.84 Å². The summed E-state index contributed by atoms with van der Waals surface area (Å²) in [6.07, 6.45) is 2.93. The first-order chi connectivity index (χ1) is 10.0. The summed E-state index contributed by atoms with van der Waals surface area (Å²) in [5, 5.41) is 0.575. The van der Waals surface area contributed by atoms with Crippen molar-refractivity contribution in [3.05, 3.63) is 18.2 Å². The van der Waals surface area contributed by atoms with Gasteiger partial charge in [0.15, 0.2) is 5.13 Å². The number of nitrogens with two attached hydrogens (primary N) is 1. The fourth-order valence-corrected chi connectivity index (χ4v) is 5.31. The molecule has 2 aromatic rings. The molecule has 1 aromatic heterocycles. The predicted molar refractivity (Wildman–Crippen MR) is 84.6 cm³/mol. The maximum absolute atomic E-state index is 12.8. The molecule has 114 valence electrons. The van der Waals surface area contributed by atoms with Crippen LogP contribution in [-0.2, 0) is 10.0 Å². The summed E-state index contributed by atoms with van der Waals surface area (Å²) in [6, 6.07) is 5.10. The predicted octanol–water partition coefficient (Wildman–Crippen LogP) is 2.15. The molecule has 0 unspecified atom stereocenters. The number of thiazole rings is 1. The third kappa shape index (κ3) is 2.64. The highest BCUT2D eigenvalue weighted by Crippen LogP contribution is 2.30. The largest absolute Gasteiger partial charge is 0.300 e. The molecule has 0 radical (unpaired) electrons. The number of sulfonamides is 1. The number of hydrazine groups is 1. The van der Waals surface area contributed by atoms with E-state index in [0.717, 1.165) is 29.5 Å². The lowest BCUT2D eigenvalue weighted by Crippen LogP contribution is -2.41. The highest BCUT2D eigenvalue weighted by molar-refractivity contribution is 7.89. The number of rotatable bonds is 3. The Labute approximate surface area is 128 Å². The Morgan fingerprint density at radius 2 is 2.24 bits per heavy atom. The molecule has 0 amide bonds. The van der Waals surface area contributed by atoms with Crippen LogP contribution in [-0.4, -0.2) is 30.3 Å². The second kappa shape index (κ2) is 5.53. The first-order valence-corrected chi connectivity index (χ1v) is 9.17. The molecule has 6 nitrogen and oxygen atoms in total. The lowest BCUT2D eigenvalue weighted by molar-refractivity contribution is 0.268. The number of fused-ring (bicyclic) bond motifs is 1. The molecular formula is C13H18N4O2S2. The van der Waals surface area contributed by atoms with Crippen LogP contribution in [0.15, 0.2) is 23.1 Å². The van der Waals surface area contributed by atoms with Gasteiger partial charge in [0.1, 0.15) is 0 Å². The van der Waals surface area contributed by atoms with Crippen LogP contribution < -0.4 is 11.3 Å². The molecule has 1 saturated heterocycles. The van der Waals surface area contributed by atoms with E-state index in [1.165, 1.54) is 11.3 Å². The SMILES string of the molecule is C[C@H]1CCCCN1S(=O)(=O)c1ccc2nc(NN)sc2c1. The summed E-state index contributed by atoms with van der Waals surface area (Å²) in [5.41, 5.74) is 3.24. The number of nitrogen functional groups attached to an aromatic ring is 1. The Bertz CT molecular complexity index is 757. The molecule has 1 fully saturated rings. The Morgan fingerprint density at radius 1 is 1.43 bits per heavy atom. The van der Waals surface area contributed by atoms with Crippen LogP contribution >= 0.6 is 11.3 Å². The number of benzene rings is 1. The van der Waals surface area contributed by atoms with Crippen LogP contribution in [0.3, 0.4) is 0 Å². The van der Waals surface area contributed by atoms with Gasteiger partial charge < -0.3 is 0 Å². The Morgan fingerprint density at radius 3 is 2.95 bits per heavy atom. The fraction of sp³-hybridized carbons (Fsp3) is 0.462. The minimum Gasteiger partial charge on any atom is -0.300 e. The number of aromatic nitrogens is 1. The molecule has 1 aromatic carbocycles. The van der Waals surface area contributed by atoms with Crippen molar-refractivity contribution in [3.63, 3.8) is 0 Å². The molecule has 21 heavy (non-hydrogen) atoms. The highest BCUT2D eigenvalue weighted by Gasteiger charge is 2.31. The van der Waals surface area contributed by atoms with E-state index < -0.39 is 10.0 Å². The average Bonchev–Trinajstić information content (AvgIpc) is 2.89. The molecule has 0 saturated carbocycles. The van der Waals surface area contributed by atoms with Gasteiger partial charge in [-0.1, -0.05) is 17.8 Å². The zero-order valence-electron chi connectivity index (χ0n) is 11.7. The monoisotopic (exact) mass is 326 g/mol. The lowest BCUT2D eigenvalue weighted by atomic mass is 10.1. The van der Waals surface area contributed by atoms with E-state index in [1.807, 2.05) is 6.92 Å². The van der Waals surface area contributed by atoms with Crippen LogP contribution in [0.5, 0.6) is 0 Å². The van der Waals surface area contributed by atoms with Gasteiger partial charge in [0.2, 0.25) is 10.0 Å². The topological polar surface area (TPSA) is 88.3 Å². The van der Waals surface area contributed by atoms with E-state index in [2.05, 4.69) is 10.4 Å². The molecule has 3 N–H and O–H groups in total. The fourth-order valence-electron chi connectivity index (χ4n) is 2.69. The van der Waals surface area contributed by atoms with Crippen molar-refractivity contribution >= 4 is 36.7 Å². The first kappa shape index (κ1) is 14.7. The molecule has 2 heterocycles.